The number of rotatable bonds is 5. The summed E-state index contributed by atoms with van der Waals surface area (Å²) in [6.45, 7) is 6.41. The topological polar surface area (TPSA) is 65.2 Å². The number of fused-ring (bicyclic) bond motifs is 1. The van der Waals surface area contributed by atoms with Crippen molar-refractivity contribution in [3.8, 4) is 17.5 Å². The van der Waals surface area contributed by atoms with Crippen LogP contribution in [0.25, 0.3) is 4.85 Å². The summed E-state index contributed by atoms with van der Waals surface area (Å²) in [5, 5.41) is 9.58. The van der Waals surface area contributed by atoms with Crippen molar-refractivity contribution in [1.82, 2.24) is 4.98 Å². The van der Waals surface area contributed by atoms with Gasteiger partial charge >= 0.3 is 7.12 Å². The molecule has 9 heteroatoms. The third-order valence-corrected chi connectivity index (χ3v) is 3.28. The lowest BCUT2D eigenvalue weighted by Gasteiger charge is -2.10. The standard InChI is InChI=1S/C15H11BF2N2O4/c1-19-12-4-5-14(20-15(12)22-8-13(17)18)24-10-2-3-11-9(6-10)7-23-16(11)21/h2-6,13,21H,7-8H2. The smallest absolute Gasteiger partial charge is 0.480 e. The summed E-state index contributed by atoms with van der Waals surface area (Å²) in [6, 6.07) is 7.82. The van der Waals surface area contributed by atoms with E-state index in [2.05, 4.69) is 9.83 Å². The Morgan fingerprint density at radius 2 is 2.21 bits per heavy atom. The zero-order valence-electron chi connectivity index (χ0n) is 12.3. The van der Waals surface area contributed by atoms with E-state index >= 15 is 0 Å². The zero-order valence-corrected chi connectivity index (χ0v) is 12.3. The summed E-state index contributed by atoms with van der Waals surface area (Å²) in [5.41, 5.74) is 1.47. The van der Waals surface area contributed by atoms with Gasteiger partial charge in [-0.05, 0) is 35.3 Å². The number of pyridine rings is 1. The van der Waals surface area contributed by atoms with Gasteiger partial charge in [-0.15, -0.1) is 0 Å². The van der Waals surface area contributed by atoms with Gasteiger partial charge < -0.3 is 19.2 Å². The molecule has 2 heterocycles. The van der Waals surface area contributed by atoms with Crippen LogP contribution < -0.4 is 14.9 Å². The van der Waals surface area contributed by atoms with Crippen molar-refractivity contribution >= 4 is 18.3 Å². The van der Waals surface area contributed by atoms with Gasteiger partial charge in [-0.2, -0.15) is 4.98 Å². The van der Waals surface area contributed by atoms with Crippen molar-refractivity contribution in [1.29, 1.82) is 0 Å². The van der Waals surface area contributed by atoms with Crippen LogP contribution in [0.1, 0.15) is 5.56 Å². The summed E-state index contributed by atoms with van der Waals surface area (Å²) >= 11 is 0. The Morgan fingerprint density at radius 3 is 2.96 bits per heavy atom. The molecule has 0 unspecified atom stereocenters. The van der Waals surface area contributed by atoms with Crippen LogP contribution in [-0.2, 0) is 11.3 Å². The minimum absolute atomic E-state index is 0.0217. The number of benzene rings is 1. The fourth-order valence-electron chi connectivity index (χ4n) is 2.20. The van der Waals surface area contributed by atoms with Gasteiger partial charge in [-0.1, -0.05) is 6.07 Å². The first-order chi connectivity index (χ1) is 11.6. The molecule has 0 atom stereocenters. The molecule has 1 aromatic carbocycles. The van der Waals surface area contributed by atoms with Crippen LogP contribution in [0.5, 0.6) is 17.5 Å². The molecule has 1 aliphatic heterocycles. The normalized spacial score (nSPS) is 12.9. The van der Waals surface area contributed by atoms with Gasteiger partial charge in [0.05, 0.1) is 13.2 Å². The first-order valence-electron chi connectivity index (χ1n) is 6.96. The van der Waals surface area contributed by atoms with Crippen molar-refractivity contribution in [3.63, 3.8) is 0 Å². The highest BCUT2D eigenvalue weighted by Gasteiger charge is 2.27. The Kier molecular flexibility index (Phi) is 4.60. The van der Waals surface area contributed by atoms with Crippen molar-refractivity contribution in [2.45, 2.75) is 13.0 Å². The van der Waals surface area contributed by atoms with Crippen molar-refractivity contribution in [3.05, 3.63) is 47.3 Å². The second-order valence-corrected chi connectivity index (χ2v) is 4.91. The molecule has 3 rings (SSSR count). The van der Waals surface area contributed by atoms with Gasteiger partial charge in [0.2, 0.25) is 17.4 Å². The highest BCUT2D eigenvalue weighted by Crippen LogP contribution is 2.30. The second kappa shape index (κ2) is 6.82. The molecule has 0 aliphatic carbocycles. The third-order valence-electron chi connectivity index (χ3n) is 3.28. The lowest BCUT2D eigenvalue weighted by atomic mass is 9.80. The van der Waals surface area contributed by atoms with Gasteiger partial charge in [-0.25, -0.2) is 13.6 Å². The van der Waals surface area contributed by atoms with Gasteiger partial charge in [0.1, 0.15) is 12.4 Å². The predicted molar refractivity (Wildman–Crippen MR) is 80.9 cm³/mol. The number of hydrogen-bond acceptors (Lipinski definition) is 5. The fourth-order valence-corrected chi connectivity index (χ4v) is 2.20. The van der Waals surface area contributed by atoms with Gasteiger partial charge in [-0.3, -0.25) is 0 Å². The van der Waals surface area contributed by atoms with E-state index in [4.69, 9.17) is 20.7 Å². The molecule has 122 valence electrons. The minimum Gasteiger partial charge on any atom is -0.480 e. The number of alkyl halides is 2. The van der Waals surface area contributed by atoms with Crippen LogP contribution in [0, 0.1) is 6.57 Å². The molecule has 0 saturated heterocycles. The van der Waals surface area contributed by atoms with E-state index < -0.39 is 20.2 Å². The molecular weight excluding hydrogens is 321 g/mol. The van der Waals surface area contributed by atoms with Crippen LogP contribution >= 0.6 is 0 Å². The lowest BCUT2D eigenvalue weighted by Crippen LogP contribution is -2.27. The minimum atomic E-state index is -2.67. The molecule has 2 aromatic rings. The van der Waals surface area contributed by atoms with E-state index in [9.17, 15) is 13.8 Å². The van der Waals surface area contributed by atoms with Crippen LogP contribution in [0.15, 0.2) is 30.3 Å². The monoisotopic (exact) mass is 332 g/mol. The summed E-state index contributed by atoms with van der Waals surface area (Å²) in [6.07, 6.45) is -2.67. The summed E-state index contributed by atoms with van der Waals surface area (Å²) in [5.74, 6) is 0.336. The van der Waals surface area contributed by atoms with E-state index in [0.29, 0.717) is 11.2 Å². The molecule has 1 aliphatic rings. The van der Waals surface area contributed by atoms with E-state index in [1.807, 2.05) is 0 Å². The molecule has 0 spiro atoms. The molecule has 0 saturated carbocycles. The van der Waals surface area contributed by atoms with Gasteiger partial charge in [0.15, 0.2) is 0 Å². The Labute approximate surface area is 136 Å². The largest absolute Gasteiger partial charge is 0.491 e. The number of halogens is 2. The third kappa shape index (κ3) is 3.45. The molecule has 0 amide bonds. The molecule has 1 N–H and O–H groups in total. The average molecular weight is 332 g/mol. The second-order valence-electron chi connectivity index (χ2n) is 4.91. The van der Waals surface area contributed by atoms with Gasteiger partial charge in [0, 0.05) is 0 Å². The molecule has 24 heavy (non-hydrogen) atoms. The van der Waals surface area contributed by atoms with Crippen molar-refractivity contribution in [2.24, 2.45) is 0 Å². The SMILES string of the molecule is [C-]#[N+]c1ccc(Oc2ccc3c(c2)COB3O)nc1OCC(F)F. The molecule has 6 nitrogen and oxygen atoms in total. The molecule has 0 fully saturated rings. The molecule has 0 radical (unpaired) electrons. The summed E-state index contributed by atoms with van der Waals surface area (Å²) in [4.78, 5) is 7.12. The quantitative estimate of drug-likeness (QED) is 0.672. The fraction of sp³-hybridized carbons (Fsp3) is 0.200. The van der Waals surface area contributed by atoms with Gasteiger partial charge in [0.25, 0.3) is 6.43 Å². The average Bonchev–Trinajstić information content (AvgIpc) is 2.94. The Bertz CT molecular complexity index is 798. The maximum atomic E-state index is 12.3. The molecule has 0 bridgehead atoms. The predicted octanol–water partition coefficient (Wildman–Crippen LogP) is 2.29. The highest BCUT2D eigenvalue weighted by atomic mass is 19.3. The van der Waals surface area contributed by atoms with Crippen LogP contribution in [0.3, 0.4) is 0 Å². The highest BCUT2D eigenvalue weighted by molar-refractivity contribution is 6.61. The van der Waals surface area contributed by atoms with E-state index in [-0.39, 0.29) is 24.1 Å². The van der Waals surface area contributed by atoms with E-state index in [0.717, 1.165) is 5.56 Å². The lowest BCUT2D eigenvalue weighted by molar-refractivity contribution is 0.0798. The number of ether oxygens (including phenoxy) is 2. The Morgan fingerprint density at radius 1 is 1.38 bits per heavy atom. The summed E-state index contributed by atoms with van der Waals surface area (Å²) < 4.78 is 40.0. The zero-order chi connectivity index (χ0) is 17.1. The van der Waals surface area contributed by atoms with Crippen LogP contribution in [-0.4, -0.2) is 30.2 Å². The number of nitrogens with zero attached hydrogens (tertiary/aromatic N) is 2. The number of hydrogen-bond donors (Lipinski definition) is 1. The summed E-state index contributed by atoms with van der Waals surface area (Å²) in [7, 11) is -0.945. The maximum Gasteiger partial charge on any atom is 0.491 e. The van der Waals surface area contributed by atoms with E-state index in [1.165, 1.54) is 12.1 Å². The van der Waals surface area contributed by atoms with Crippen molar-refractivity contribution in [2.75, 3.05) is 6.61 Å². The Hall–Kier alpha value is -2.70. The van der Waals surface area contributed by atoms with Crippen molar-refractivity contribution < 1.29 is 27.9 Å². The van der Waals surface area contributed by atoms with Crippen LogP contribution in [0.4, 0.5) is 14.5 Å². The number of aromatic nitrogens is 1. The maximum absolute atomic E-state index is 12.3. The Balaban J connectivity index is 1.80. The van der Waals surface area contributed by atoms with Crippen LogP contribution in [0.2, 0.25) is 0 Å². The molecule has 1 aromatic heterocycles. The van der Waals surface area contributed by atoms with E-state index in [1.54, 1.807) is 18.2 Å². The first-order valence-corrected chi connectivity index (χ1v) is 6.96. The first kappa shape index (κ1) is 16.2. The molecular formula is C15H11BF2N2O4.